The number of hydrogen-bond donors (Lipinski definition) is 0. The molecule has 0 bridgehead atoms. The molecule has 2 heterocycles. The monoisotopic (exact) mass is 319 g/mol. The van der Waals surface area contributed by atoms with Crippen LogP contribution in [-0.4, -0.2) is 14.4 Å². The van der Waals surface area contributed by atoms with Gasteiger partial charge in [-0.05, 0) is 40.0 Å². The van der Waals surface area contributed by atoms with Crippen LogP contribution < -0.4 is 0 Å². The summed E-state index contributed by atoms with van der Waals surface area (Å²) in [5.74, 6) is 0.740. The molecular weight excluding hydrogens is 309 g/mol. The fraction of sp³-hybridized carbons (Fsp3) is 0.143. The van der Waals surface area contributed by atoms with Gasteiger partial charge in [0.1, 0.15) is 16.2 Å². The fourth-order valence-corrected chi connectivity index (χ4v) is 2.59. The molecule has 0 amide bonds. The van der Waals surface area contributed by atoms with Gasteiger partial charge in [0.15, 0.2) is 0 Å². The van der Waals surface area contributed by atoms with E-state index in [-0.39, 0.29) is 5.82 Å². The summed E-state index contributed by atoms with van der Waals surface area (Å²) in [4.78, 5) is 8.55. The van der Waals surface area contributed by atoms with Gasteiger partial charge < -0.3 is 0 Å². The largest absolute Gasteiger partial charge is 0.300 e. The van der Waals surface area contributed by atoms with Gasteiger partial charge in [0.05, 0.1) is 11.7 Å². The summed E-state index contributed by atoms with van der Waals surface area (Å²) in [7, 11) is 0. The van der Waals surface area contributed by atoms with Crippen LogP contribution in [0.15, 0.2) is 47.5 Å². The van der Waals surface area contributed by atoms with E-state index in [0.29, 0.717) is 0 Å². The smallest absolute Gasteiger partial charge is 0.133 e. The van der Waals surface area contributed by atoms with Gasteiger partial charge in [-0.3, -0.25) is 9.38 Å². The maximum absolute atomic E-state index is 13.1. The molecule has 0 N–H and O–H groups in total. The van der Waals surface area contributed by atoms with Crippen molar-refractivity contribution in [2.24, 2.45) is 0 Å². The second kappa shape index (κ2) is 5.09. The summed E-state index contributed by atoms with van der Waals surface area (Å²) in [6.07, 6.45) is 6.88. The van der Waals surface area contributed by atoms with Crippen LogP contribution in [0.2, 0.25) is 0 Å². The minimum absolute atomic E-state index is 0.198. The molecule has 0 saturated heterocycles. The van der Waals surface area contributed by atoms with Crippen molar-refractivity contribution in [3.63, 3.8) is 0 Å². The van der Waals surface area contributed by atoms with E-state index >= 15 is 0 Å². The van der Waals surface area contributed by atoms with Crippen LogP contribution in [0, 0.1) is 5.82 Å². The number of imidazole rings is 1. The average Bonchev–Trinajstić information content (AvgIpc) is 2.74. The molecular formula is C14H11BrFN3. The molecule has 3 rings (SSSR count). The van der Waals surface area contributed by atoms with E-state index in [9.17, 15) is 4.39 Å². The van der Waals surface area contributed by atoms with Crippen molar-refractivity contribution in [2.45, 2.75) is 12.8 Å². The van der Waals surface area contributed by atoms with E-state index in [1.165, 1.54) is 6.07 Å². The number of hydrogen-bond acceptors (Lipinski definition) is 2. The van der Waals surface area contributed by atoms with E-state index < -0.39 is 0 Å². The topological polar surface area (TPSA) is 30.2 Å². The standard InChI is InChI=1S/C14H11BrFN3/c15-14-12-9-17-6-7-19(12)13(18-14)5-4-10-2-1-3-11(16)8-10/h1-3,6-9H,4-5H2. The molecule has 3 nitrogen and oxygen atoms in total. The Hall–Kier alpha value is -1.75. The molecule has 0 spiro atoms. The lowest BCUT2D eigenvalue weighted by atomic mass is 10.1. The van der Waals surface area contributed by atoms with Gasteiger partial charge in [0.25, 0.3) is 0 Å². The van der Waals surface area contributed by atoms with Gasteiger partial charge in [-0.15, -0.1) is 0 Å². The first-order chi connectivity index (χ1) is 9.24. The highest BCUT2D eigenvalue weighted by Crippen LogP contribution is 2.19. The Morgan fingerprint density at radius 2 is 2.16 bits per heavy atom. The Balaban J connectivity index is 1.86. The molecule has 19 heavy (non-hydrogen) atoms. The van der Waals surface area contributed by atoms with Crippen LogP contribution in [0.4, 0.5) is 4.39 Å². The minimum Gasteiger partial charge on any atom is -0.300 e. The summed E-state index contributed by atoms with van der Waals surface area (Å²) in [6, 6.07) is 6.67. The van der Waals surface area contributed by atoms with Crippen molar-refractivity contribution in [1.29, 1.82) is 0 Å². The Morgan fingerprint density at radius 3 is 3.00 bits per heavy atom. The molecule has 0 atom stereocenters. The third kappa shape index (κ3) is 2.51. The molecule has 0 aliphatic rings. The number of halogens is 2. The van der Waals surface area contributed by atoms with Crippen LogP contribution in [0.3, 0.4) is 0 Å². The summed E-state index contributed by atoms with van der Waals surface area (Å²) >= 11 is 3.42. The zero-order valence-corrected chi connectivity index (χ0v) is 11.6. The molecule has 0 fully saturated rings. The molecule has 0 unspecified atom stereocenters. The molecule has 0 saturated carbocycles. The summed E-state index contributed by atoms with van der Waals surface area (Å²) in [5, 5.41) is 0. The molecule has 5 heteroatoms. The first-order valence-electron chi connectivity index (χ1n) is 5.95. The van der Waals surface area contributed by atoms with Gasteiger partial charge in [-0.2, -0.15) is 0 Å². The predicted octanol–water partition coefficient (Wildman–Crippen LogP) is 3.42. The first kappa shape index (κ1) is 12.3. The number of benzene rings is 1. The third-order valence-electron chi connectivity index (χ3n) is 3.00. The van der Waals surface area contributed by atoms with Gasteiger partial charge in [0.2, 0.25) is 0 Å². The SMILES string of the molecule is Fc1cccc(CCc2nc(Br)c3cnccn23)c1. The van der Waals surface area contributed by atoms with Gasteiger partial charge >= 0.3 is 0 Å². The molecule has 3 aromatic rings. The molecule has 0 aliphatic heterocycles. The number of aryl methyl sites for hydroxylation is 2. The summed E-state index contributed by atoms with van der Waals surface area (Å²) in [6.45, 7) is 0. The first-order valence-corrected chi connectivity index (χ1v) is 6.74. The van der Waals surface area contributed by atoms with Gasteiger partial charge in [0, 0.05) is 18.8 Å². The van der Waals surface area contributed by atoms with E-state index in [0.717, 1.165) is 34.3 Å². The van der Waals surface area contributed by atoms with E-state index in [2.05, 4.69) is 25.9 Å². The predicted molar refractivity (Wildman–Crippen MR) is 74.5 cm³/mol. The van der Waals surface area contributed by atoms with Crippen LogP contribution in [0.25, 0.3) is 5.52 Å². The molecule has 0 aliphatic carbocycles. The maximum atomic E-state index is 13.1. The van der Waals surface area contributed by atoms with Crippen LogP contribution in [-0.2, 0) is 12.8 Å². The molecule has 2 aromatic heterocycles. The zero-order chi connectivity index (χ0) is 13.2. The van der Waals surface area contributed by atoms with Gasteiger partial charge in [-0.25, -0.2) is 9.37 Å². The number of aromatic nitrogens is 3. The zero-order valence-electron chi connectivity index (χ0n) is 10.1. The van der Waals surface area contributed by atoms with Crippen molar-refractivity contribution in [3.05, 3.63) is 64.7 Å². The Morgan fingerprint density at radius 1 is 1.26 bits per heavy atom. The molecule has 1 aromatic carbocycles. The normalized spacial score (nSPS) is 11.1. The minimum atomic E-state index is -0.198. The molecule has 0 radical (unpaired) electrons. The van der Waals surface area contributed by atoms with E-state index in [1.807, 2.05) is 16.7 Å². The second-order valence-corrected chi connectivity index (χ2v) is 5.03. The third-order valence-corrected chi connectivity index (χ3v) is 3.58. The van der Waals surface area contributed by atoms with E-state index in [1.54, 1.807) is 24.5 Å². The fourth-order valence-electron chi connectivity index (χ4n) is 2.09. The lowest BCUT2D eigenvalue weighted by Gasteiger charge is -2.02. The average molecular weight is 320 g/mol. The quantitative estimate of drug-likeness (QED) is 0.740. The van der Waals surface area contributed by atoms with Crippen molar-refractivity contribution in [2.75, 3.05) is 0 Å². The van der Waals surface area contributed by atoms with Gasteiger partial charge in [-0.1, -0.05) is 12.1 Å². The highest BCUT2D eigenvalue weighted by molar-refractivity contribution is 9.10. The maximum Gasteiger partial charge on any atom is 0.133 e. The lowest BCUT2D eigenvalue weighted by Crippen LogP contribution is -1.98. The van der Waals surface area contributed by atoms with Crippen LogP contribution >= 0.6 is 15.9 Å². The summed E-state index contributed by atoms with van der Waals surface area (Å²) in [5.41, 5.74) is 1.92. The highest BCUT2D eigenvalue weighted by Gasteiger charge is 2.08. The number of rotatable bonds is 3. The van der Waals surface area contributed by atoms with Crippen LogP contribution in [0.1, 0.15) is 11.4 Å². The molecule has 96 valence electrons. The second-order valence-electron chi connectivity index (χ2n) is 4.28. The van der Waals surface area contributed by atoms with Crippen molar-refractivity contribution < 1.29 is 4.39 Å². The van der Waals surface area contributed by atoms with Crippen molar-refractivity contribution >= 4 is 21.4 Å². The van der Waals surface area contributed by atoms with Crippen LogP contribution in [0.5, 0.6) is 0 Å². The van der Waals surface area contributed by atoms with Crippen molar-refractivity contribution in [1.82, 2.24) is 14.4 Å². The van der Waals surface area contributed by atoms with E-state index in [4.69, 9.17) is 0 Å². The lowest BCUT2D eigenvalue weighted by molar-refractivity contribution is 0.625. The Bertz CT molecular complexity index is 724. The van der Waals surface area contributed by atoms with Crippen molar-refractivity contribution in [3.8, 4) is 0 Å². The number of nitrogens with zero attached hydrogens (tertiary/aromatic N) is 3. The Labute approximate surface area is 118 Å². The number of fused-ring (bicyclic) bond motifs is 1. The summed E-state index contributed by atoms with van der Waals surface area (Å²) < 4.78 is 15.9. The highest BCUT2D eigenvalue weighted by atomic mass is 79.9. The Kier molecular flexibility index (Phi) is 3.29.